The van der Waals surface area contributed by atoms with Gasteiger partial charge in [-0.2, -0.15) is 0 Å². The molecule has 100 valence electrons. The predicted molar refractivity (Wildman–Crippen MR) is 89.3 cm³/mol. The molecule has 0 bridgehead atoms. The third-order valence-electron chi connectivity index (χ3n) is 4.71. The van der Waals surface area contributed by atoms with Gasteiger partial charge in [-0.05, 0) is 28.8 Å². The van der Waals surface area contributed by atoms with Crippen LogP contribution in [0.25, 0.3) is 33.3 Å². The van der Waals surface area contributed by atoms with E-state index < -0.39 is 0 Å². The monoisotopic (exact) mass is 269 g/mol. The first-order valence-electron chi connectivity index (χ1n) is 7.50. The lowest BCUT2D eigenvalue weighted by molar-refractivity contribution is 0.862. The predicted octanol–water partition coefficient (Wildman–Crippen LogP) is 3.40. The fourth-order valence-electron chi connectivity index (χ4n) is 3.74. The average molecular weight is 269 g/mol. The van der Waals surface area contributed by atoms with Crippen molar-refractivity contribution in [3.8, 4) is 0 Å². The molecule has 2 aromatic carbocycles. The van der Waals surface area contributed by atoms with Crippen molar-refractivity contribution in [2.75, 3.05) is 0 Å². The highest BCUT2D eigenvalue weighted by molar-refractivity contribution is 6.07. The molecule has 1 unspecified atom stereocenters. The molecule has 0 fully saturated rings. The summed E-state index contributed by atoms with van der Waals surface area (Å²) in [4.78, 5) is 3.61. The first-order chi connectivity index (χ1) is 10.4. The van der Waals surface area contributed by atoms with Crippen LogP contribution in [0.4, 0.5) is 0 Å². The van der Waals surface area contributed by atoms with Gasteiger partial charge in [0.2, 0.25) is 0 Å². The van der Waals surface area contributed by atoms with Gasteiger partial charge in [-0.1, -0.05) is 60.7 Å². The Bertz CT molecular complexity index is 1060. The molecular formula is C20H15N. The molecule has 1 heterocycles. The lowest BCUT2D eigenvalue weighted by Crippen LogP contribution is -2.31. The second kappa shape index (κ2) is 3.98. The van der Waals surface area contributed by atoms with Gasteiger partial charge in [0.25, 0.3) is 0 Å². The van der Waals surface area contributed by atoms with Gasteiger partial charge in [-0.15, -0.1) is 0 Å². The van der Waals surface area contributed by atoms with Crippen molar-refractivity contribution in [1.29, 1.82) is 0 Å². The van der Waals surface area contributed by atoms with Gasteiger partial charge in [0.15, 0.2) is 0 Å². The normalized spacial score (nSPS) is 19.6. The lowest BCUT2D eigenvalue weighted by Gasteiger charge is -2.18. The smallest absolute Gasteiger partial charge is 0.0471 e. The summed E-state index contributed by atoms with van der Waals surface area (Å²) in [5, 5.41) is 6.71. The number of fused-ring (bicyclic) bond motifs is 6. The highest BCUT2D eigenvalue weighted by Crippen LogP contribution is 2.27. The third-order valence-corrected chi connectivity index (χ3v) is 4.71. The minimum Gasteiger partial charge on any atom is -0.355 e. The molecule has 1 heteroatoms. The van der Waals surface area contributed by atoms with E-state index in [-0.39, 0.29) is 0 Å². The van der Waals surface area contributed by atoms with E-state index in [4.69, 9.17) is 0 Å². The van der Waals surface area contributed by atoms with Crippen molar-refractivity contribution in [1.82, 2.24) is 4.98 Å². The Balaban J connectivity index is 2.10. The Morgan fingerprint density at radius 1 is 1.00 bits per heavy atom. The standard InChI is InChI=1S/C20H15N/c1-3-7-15-13(5-1)9-11-17-19(15)20-16-8-4-2-6-14(16)10-12-18(20)21-17/h1-9,11-12,14,21H,10H2. The van der Waals surface area contributed by atoms with Crippen molar-refractivity contribution in [3.63, 3.8) is 0 Å². The number of nitrogens with one attached hydrogen (secondary N) is 1. The van der Waals surface area contributed by atoms with Gasteiger partial charge in [-0.25, -0.2) is 0 Å². The van der Waals surface area contributed by atoms with Crippen LogP contribution in [0.2, 0.25) is 0 Å². The van der Waals surface area contributed by atoms with Crippen LogP contribution in [0.3, 0.4) is 0 Å². The second-order valence-electron chi connectivity index (χ2n) is 5.87. The molecule has 0 amide bonds. The average Bonchev–Trinajstić information content (AvgIpc) is 2.94. The van der Waals surface area contributed by atoms with E-state index in [0.717, 1.165) is 6.42 Å². The van der Waals surface area contributed by atoms with E-state index in [1.165, 1.54) is 37.8 Å². The van der Waals surface area contributed by atoms with E-state index in [1.807, 2.05) is 0 Å². The second-order valence-corrected chi connectivity index (χ2v) is 5.87. The Labute approximate surface area is 122 Å². The molecule has 0 saturated carbocycles. The van der Waals surface area contributed by atoms with Gasteiger partial charge in [0, 0.05) is 27.4 Å². The molecule has 5 rings (SSSR count). The first-order valence-corrected chi connectivity index (χ1v) is 7.50. The largest absolute Gasteiger partial charge is 0.355 e. The molecule has 0 aliphatic heterocycles. The quantitative estimate of drug-likeness (QED) is 0.644. The number of H-pyrrole nitrogens is 1. The van der Waals surface area contributed by atoms with Gasteiger partial charge < -0.3 is 4.98 Å². The molecule has 0 radical (unpaired) electrons. The maximum atomic E-state index is 3.61. The van der Waals surface area contributed by atoms with Crippen molar-refractivity contribution in [2.24, 2.45) is 5.92 Å². The van der Waals surface area contributed by atoms with Gasteiger partial charge >= 0.3 is 0 Å². The number of aromatic nitrogens is 1. The van der Waals surface area contributed by atoms with Crippen LogP contribution < -0.4 is 10.6 Å². The van der Waals surface area contributed by atoms with Crippen LogP contribution in [0.5, 0.6) is 0 Å². The van der Waals surface area contributed by atoms with Crippen LogP contribution >= 0.6 is 0 Å². The fourth-order valence-corrected chi connectivity index (χ4v) is 3.74. The Hall–Kier alpha value is -2.54. The summed E-state index contributed by atoms with van der Waals surface area (Å²) in [6, 6.07) is 13.1. The van der Waals surface area contributed by atoms with Crippen LogP contribution in [0, 0.1) is 5.92 Å². The van der Waals surface area contributed by atoms with Crippen molar-refractivity contribution in [2.45, 2.75) is 6.42 Å². The number of rotatable bonds is 0. The zero-order valence-corrected chi connectivity index (χ0v) is 11.6. The molecule has 1 N–H and O–H groups in total. The maximum Gasteiger partial charge on any atom is 0.0471 e. The van der Waals surface area contributed by atoms with Gasteiger partial charge in [0.1, 0.15) is 0 Å². The van der Waals surface area contributed by atoms with Gasteiger partial charge in [0.05, 0.1) is 0 Å². The lowest BCUT2D eigenvalue weighted by atomic mass is 9.86. The zero-order chi connectivity index (χ0) is 13.8. The zero-order valence-electron chi connectivity index (χ0n) is 11.6. The van der Waals surface area contributed by atoms with E-state index in [9.17, 15) is 0 Å². The van der Waals surface area contributed by atoms with E-state index >= 15 is 0 Å². The maximum absolute atomic E-state index is 3.61. The van der Waals surface area contributed by atoms with Crippen molar-refractivity contribution < 1.29 is 0 Å². The molecular weight excluding hydrogens is 254 g/mol. The first kappa shape index (κ1) is 11.2. The summed E-state index contributed by atoms with van der Waals surface area (Å²) < 4.78 is 0. The number of allylic oxidation sites excluding steroid dienone is 4. The SMILES string of the molecule is C1=CC2=c3c([nH]c4ccc5ccccc5c34)=CCC2C=C1. The van der Waals surface area contributed by atoms with Crippen molar-refractivity contribution >= 4 is 33.3 Å². The number of hydrogen-bond acceptors (Lipinski definition) is 0. The molecule has 0 spiro atoms. The van der Waals surface area contributed by atoms with E-state index in [2.05, 4.69) is 71.8 Å². The van der Waals surface area contributed by atoms with E-state index in [1.54, 1.807) is 0 Å². The summed E-state index contributed by atoms with van der Waals surface area (Å²) in [7, 11) is 0. The van der Waals surface area contributed by atoms with E-state index in [0.29, 0.717) is 5.92 Å². The van der Waals surface area contributed by atoms with Crippen molar-refractivity contribution in [3.05, 3.63) is 71.3 Å². The van der Waals surface area contributed by atoms with Gasteiger partial charge in [-0.3, -0.25) is 0 Å². The Morgan fingerprint density at radius 3 is 2.95 bits per heavy atom. The topological polar surface area (TPSA) is 15.8 Å². The highest BCUT2D eigenvalue weighted by Gasteiger charge is 2.18. The summed E-state index contributed by atoms with van der Waals surface area (Å²) in [6.07, 6.45) is 12.4. The fraction of sp³-hybridized carbons (Fsp3) is 0.100. The summed E-state index contributed by atoms with van der Waals surface area (Å²) in [5.41, 5.74) is 2.70. The number of benzene rings is 2. The number of hydrogen-bond donors (Lipinski definition) is 1. The molecule has 3 aromatic rings. The molecule has 1 aromatic heterocycles. The molecule has 2 aliphatic carbocycles. The summed E-state index contributed by atoms with van der Waals surface area (Å²) in [6.45, 7) is 0. The molecule has 0 saturated heterocycles. The molecule has 1 atom stereocenters. The minimum absolute atomic E-state index is 0.528. The van der Waals surface area contributed by atoms with Crippen LogP contribution in [0.15, 0.2) is 60.7 Å². The van der Waals surface area contributed by atoms with Crippen LogP contribution in [-0.2, 0) is 0 Å². The summed E-state index contributed by atoms with van der Waals surface area (Å²) in [5.74, 6) is 0.528. The molecule has 21 heavy (non-hydrogen) atoms. The molecule has 2 aliphatic rings. The summed E-state index contributed by atoms with van der Waals surface area (Å²) >= 11 is 0. The van der Waals surface area contributed by atoms with Crippen LogP contribution in [0.1, 0.15) is 6.42 Å². The third kappa shape index (κ3) is 1.46. The Morgan fingerprint density at radius 2 is 1.95 bits per heavy atom. The number of aromatic amines is 1. The minimum atomic E-state index is 0.528. The Kier molecular flexibility index (Phi) is 2.12. The van der Waals surface area contributed by atoms with Crippen LogP contribution in [-0.4, -0.2) is 4.98 Å². The highest BCUT2D eigenvalue weighted by atomic mass is 14.7. The molecule has 1 nitrogen and oxygen atoms in total.